The summed E-state index contributed by atoms with van der Waals surface area (Å²) < 4.78 is 49.7. The van der Waals surface area contributed by atoms with Gasteiger partial charge in [0, 0.05) is 0 Å². The number of carboxylic acid groups (broad SMARTS) is 1. The van der Waals surface area contributed by atoms with Gasteiger partial charge in [0.2, 0.25) is 0 Å². The van der Waals surface area contributed by atoms with E-state index in [4.69, 9.17) is 37.9 Å². The van der Waals surface area contributed by atoms with E-state index >= 15 is 0 Å². The number of hydrogen-bond donors (Lipinski definition) is 9. The van der Waals surface area contributed by atoms with E-state index < -0.39 is 117 Å². The molecule has 4 bridgehead atoms. The molecule has 0 amide bonds. The highest BCUT2D eigenvalue weighted by Gasteiger charge is 2.63. The van der Waals surface area contributed by atoms with Crippen molar-refractivity contribution < 1.29 is 88.6 Å². The number of allylic oxidation sites excluding steroid dienone is 1. The van der Waals surface area contributed by atoms with E-state index in [9.17, 15) is 50.8 Å². The minimum Gasteiger partial charge on any atom is -0.479 e. The summed E-state index contributed by atoms with van der Waals surface area (Å²) in [7, 11) is 0. The van der Waals surface area contributed by atoms with Crippen molar-refractivity contribution in [2.45, 2.75) is 203 Å². The quantitative estimate of drug-likeness (QED) is 0.125. The van der Waals surface area contributed by atoms with Crippen LogP contribution in [0.15, 0.2) is 11.6 Å². The Kier molecular flexibility index (Phi) is 13.0. The Morgan fingerprint density at radius 1 is 0.698 bits per heavy atom. The lowest BCUT2D eigenvalue weighted by atomic mass is 9.47. The summed E-state index contributed by atoms with van der Waals surface area (Å²) in [5, 5.41) is 98.4. The molecule has 0 spiro atoms. The second-order valence-corrected chi connectivity index (χ2v) is 21.2. The Labute approximate surface area is 367 Å². The SMILES string of the molecule is CC(C)C[C@@H]1O[C@H]1C(C)[C@H]1CCC2C3=C[C@H]4OCC5OC(OC6C(OC(CO)C(O)C6O)OC6C(OC(C(=O)O)C(O)C6O)O[C@H]6CC[C@](C)(C3CC[C@@]21C)C4C6)C(O)C(O)C5O. The Hall–Kier alpha value is -1.43. The first kappa shape index (κ1) is 46.7. The molecule has 3 saturated carbocycles. The van der Waals surface area contributed by atoms with Crippen molar-refractivity contribution in [1.29, 1.82) is 0 Å². The first-order valence-corrected chi connectivity index (χ1v) is 23.4. The van der Waals surface area contributed by atoms with Gasteiger partial charge in [-0.05, 0) is 97.7 Å². The summed E-state index contributed by atoms with van der Waals surface area (Å²) >= 11 is 0. The average Bonchev–Trinajstić information content (AvgIpc) is 3.91. The van der Waals surface area contributed by atoms with E-state index in [-0.39, 0.29) is 35.4 Å². The van der Waals surface area contributed by atoms with Gasteiger partial charge in [0.1, 0.15) is 67.1 Å². The topological polar surface area (TPSA) is 276 Å². The number of aliphatic hydroxyl groups excluding tert-OH is 8. The summed E-state index contributed by atoms with van der Waals surface area (Å²) in [4.78, 5) is 12.3. The van der Waals surface area contributed by atoms with Crippen LogP contribution in [0.3, 0.4) is 0 Å². The number of hydrogen-bond acceptors (Lipinski definition) is 17. The fraction of sp³-hybridized carbons (Fsp3) is 0.933. The highest BCUT2D eigenvalue weighted by Crippen LogP contribution is 2.68. The molecule has 9 N–H and O–H groups in total. The fourth-order valence-corrected chi connectivity index (χ4v) is 13.7. The summed E-state index contributed by atoms with van der Waals surface area (Å²) in [6.45, 7) is 10.6. The molecule has 0 aromatic carbocycles. The Balaban J connectivity index is 1.06. The standard InChI is InChI=1S/C45H70O18/c1-17(2)12-26-36(58-26)18(3)21-6-7-22-20-14-25-24-13-19(8-10-45(24,5)23(20)9-11-44(21,22)4)57-42-39(34(52)33(51)37(61-42)40(54)55)63-43-38(32(50)29(47)27(15-46)59-43)62-41-35(53)31(49)30(48)28(60-41)16-56-25/h14,17-19,21-39,41-43,46-53H,6-13,15-16H2,1-5H3,(H,54,55)/t18?,19-,21+,22?,23?,24?,25+,26-,27?,28?,29?,30?,31?,32?,33?,34?,35?,36-,37?,38?,39?,41?,42?,43?,44+,45+/m0/s1. The van der Waals surface area contributed by atoms with Crippen molar-refractivity contribution in [2.24, 2.45) is 46.3 Å². The fourth-order valence-electron chi connectivity index (χ4n) is 13.7. The number of carbonyl (C=O) groups is 1. The molecule has 8 fully saturated rings. The smallest absolute Gasteiger partial charge is 0.335 e. The molecule has 5 saturated heterocycles. The van der Waals surface area contributed by atoms with Gasteiger partial charge < -0.3 is 83.9 Å². The third-order valence-corrected chi connectivity index (χ3v) is 17.2. The molecule has 9 rings (SSSR count). The van der Waals surface area contributed by atoms with Crippen LogP contribution in [0.4, 0.5) is 0 Å². The van der Waals surface area contributed by atoms with E-state index in [1.54, 1.807) is 0 Å². The molecule has 26 atom stereocenters. The third-order valence-electron chi connectivity index (χ3n) is 17.2. The predicted octanol–water partition coefficient (Wildman–Crippen LogP) is -0.0428. The lowest BCUT2D eigenvalue weighted by Crippen LogP contribution is -2.67. The van der Waals surface area contributed by atoms with Gasteiger partial charge in [0.15, 0.2) is 25.0 Å². The van der Waals surface area contributed by atoms with Gasteiger partial charge in [-0.1, -0.05) is 46.3 Å². The lowest BCUT2D eigenvalue weighted by molar-refractivity contribution is -0.395. The largest absolute Gasteiger partial charge is 0.479 e. The zero-order valence-electron chi connectivity index (χ0n) is 36.8. The molecule has 9 aliphatic rings. The molecule has 0 aromatic heterocycles. The van der Waals surface area contributed by atoms with Gasteiger partial charge >= 0.3 is 5.97 Å². The Morgan fingerprint density at radius 2 is 1.37 bits per heavy atom. The minimum absolute atomic E-state index is 0.0564. The number of fused-ring (bicyclic) bond motifs is 9. The average molecular weight is 899 g/mol. The molecular formula is C45H70O18. The highest BCUT2D eigenvalue weighted by atomic mass is 16.8. The first-order chi connectivity index (χ1) is 29.9. The molecule has 5 heterocycles. The van der Waals surface area contributed by atoms with Crippen molar-refractivity contribution in [3.05, 3.63) is 11.6 Å². The van der Waals surface area contributed by atoms with Gasteiger partial charge in [-0.2, -0.15) is 0 Å². The number of ether oxygens (including phenoxy) is 8. The van der Waals surface area contributed by atoms with Crippen LogP contribution >= 0.6 is 0 Å². The van der Waals surface area contributed by atoms with Crippen LogP contribution in [0.1, 0.15) is 86.0 Å². The van der Waals surface area contributed by atoms with Crippen molar-refractivity contribution in [3.63, 3.8) is 0 Å². The molecule has 19 unspecified atom stereocenters. The Bertz CT molecular complexity index is 1680. The molecule has 358 valence electrons. The number of carboxylic acids is 1. The predicted molar refractivity (Wildman–Crippen MR) is 215 cm³/mol. The zero-order valence-corrected chi connectivity index (χ0v) is 36.8. The molecule has 18 heteroatoms. The number of aliphatic carboxylic acids is 1. The maximum atomic E-state index is 12.3. The number of epoxide rings is 1. The molecular weight excluding hydrogens is 828 g/mol. The van der Waals surface area contributed by atoms with E-state index in [2.05, 4.69) is 40.7 Å². The van der Waals surface area contributed by atoms with E-state index in [0.717, 1.165) is 32.1 Å². The van der Waals surface area contributed by atoms with Crippen LogP contribution in [0.2, 0.25) is 0 Å². The van der Waals surface area contributed by atoms with Crippen LogP contribution in [-0.2, 0) is 42.7 Å². The first-order valence-electron chi connectivity index (χ1n) is 23.4. The molecule has 5 aliphatic heterocycles. The van der Waals surface area contributed by atoms with Crippen molar-refractivity contribution >= 4 is 5.97 Å². The molecule has 4 aliphatic carbocycles. The van der Waals surface area contributed by atoms with Crippen molar-refractivity contribution in [2.75, 3.05) is 13.2 Å². The number of aliphatic hydroxyl groups is 8. The lowest BCUT2D eigenvalue weighted by Gasteiger charge is -2.60. The third kappa shape index (κ3) is 8.06. The summed E-state index contributed by atoms with van der Waals surface area (Å²) in [5.41, 5.74) is 1.17. The highest BCUT2D eigenvalue weighted by molar-refractivity contribution is 5.73. The molecule has 0 radical (unpaired) electrons. The van der Waals surface area contributed by atoms with Crippen molar-refractivity contribution in [1.82, 2.24) is 0 Å². The van der Waals surface area contributed by atoms with Crippen LogP contribution < -0.4 is 0 Å². The van der Waals surface area contributed by atoms with Gasteiger partial charge in [-0.3, -0.25) is 0 Å². The zero-order chi connectivity index (χ0) is 45.0. The van der Waals surface area contributed by atoms with Crippen LogP contribution in [0, 0.1) is 46.3 Å². The second-order valence-electron chi connectivity index (χ2n) is 21.2. The summed E-state index contributed by atoms with van der Waals surface area (Å²) in [6, 6.07) is 0. The van der Waals surface area contributed by atoms with Gasteiger partial charge in [-0.15, -0.1) is 0 Å². The van der Waals surface area contributed by atoms with Crippen LogP contribution in [-0.4, -0.2) is 182 Å². The summed E-state index contributed by atoms with van der Waals surface area (Å²) in [5.74, 6) is 0.338. The molecule has 18 nitrogen and oxygen atoms in total. The maximum absolute atomic E-state index is 12.3. The van der Waals surface area contributed by atoms with Gasteiger partial charge in [0.05, 0.1) is 37.6 Å². The summed E-state index contributed by atoms with van der Waals surface area (Å²) in [6.07, 6.45) is -17.4. The molecule has 0 aromatic rings. The normalized spacial score (nSPS) is 55.1. The maximum Gasteiger partial charge on any atom is 0.335 e. The van der Waals surface area contributed by atoms with Crippen LogP contribution in [0.25, 0.3) is 0 Å². The van der Waals surface area contributed by atoms with Gasteiger partial charge in [-0.25, -0.2) is 4.79 Å². The van der Waals surface area contributed by atoms with Gasteiger partial charge in [0.25, 0.3) is 0 Å². The van der Waals surface area contributed by atoms with E-state index in [0.29, 0.717) is 49.0 Å². The van der Waals surface area contributed by atoms with Crippen LogP contribution in [0.5, 0.6) is 0 Å². The Morgan fingerprint density at radius 3 is 2.06 bits per heavy atom. The molecule has 63 heavy (non-hydrogen) atoms. The second kappa shape index (κ2) is 17.6. The van der Waals surface area contributed by atoms with E-state index in [1.807, 2.05) is 0 Å². The minimum atomic E-state index is -2.01. The van der Waals surface area contributed by atoms with E-state index in [1.165, 1.54) is 5.57 Å². The van der Waals surface area contributed by atoms with Crippen molar-refractivity contribution in [3.8, 4) is 0 Å². The monoisotopic (exact) mass is 898 g/mol. The number of rotatable bonds is 6.